The number of hydrogen-bond acceptors (Lipinski definition) is 5. The summed E-state index contributed by atoms with van der Waals surface area (Å²) in [6.45, 7) is 5.68. The van der Waals surface area contributed by atoms with Crippen LogP contribution in [0, 0.1) is 0 Å². The first-order valence-corrected chi connectivity index (χ1v) is 11.5. The van der Waals surface area contributed by atoms with Crippen molar-refractivity contribution < 1.29 is 9.32 Å². The fourth-order valence-electron chi connectivity index (χ4n) is 4.91. The molecule has 0 radical (unpaired) electrons. The molecule has 31 heavy (non-hydrogen) atoms. The highest BCUT2D eigenvalue weighted by molar-refractivity contribution is 5.94. The third kappa shape index (κ3) is 4.24. The minimum atomic E-state index is -0.0385. The molecule has 164 valence electrons. The Balaban J connectivity index is 1.26. The number of para-hydroxylation sites is 2. The Bertz CT molecular complexity index is 1040. The molecule has 2 aromatic heterocycles. The zero-order chi connectivity index (χ0) is 21.4. The molecular weight excluding hydrogens is 390 g/mol. The first kappa shape index (κ1) is 20.2. The Labute approximate surface area is 182 Å². The molecule has 0 bridgehead atoms. The summed E-state index contributed by atoms with van der Waals surface area (Å²) in [5.41, 5.74) is 2.66. The average molecular weight is 422 g/mol. The van der Waals surface area contributed by atoms with Gasteiger partial charge in [-0.3, -0.25) is 4.79 Å². The van der Waals surface area contributed by atoms with E-state index in [-0.39, 0.29) is 17.5 Å². The Kier molecular flexibility index (Phi) is 5.30. The van der Waals surface area contributed by atoms with Gasteiger partial charge in [-0.2, -0.15) is 0 Å². The minimum absolute atomic E-state index is 0.0153. The number of aromatic amines is 1. The Morgan fingerprint density at radius 3 is 2.94 bits per heavy atom. The van der Waals surface area contributed by atoms with E-state index in [0.717, 1.165) is 48.2 Å². The molecule has 7 heteroatoms. The lowest BCUT2D eigenvalue weighted by atomic mass is 9.79. The number of H-pyrrole nitrogens is 1. The van der Waals surface area contributed by atoms with Crippen LogP contribution in [0.2, 0.25) is 0 Å². The van der Waals surface area contributed by atoms with Gasteiger partial charge in [-0.1, -0.05) is 17.3 Å². The van der Waals surface area contributed by atoms with E-state index in [4.69, 9.17) is 4.52 Å². The van der Waals surface area contributed by atoms with Crippen LogP contribution in [0.15, 0.2) is 34.9 Å². The van der Waals surface area contributed by atoms with Crippen molar-refractivity contribution >= 4 is 16.9 Å². The normalized spacial score (nSPS) is 23.9. The van der Waals surface area contributed by atoms with E-state index in [9.17, 15) is 4.79 Å². The van der Waals surface area contributed by atoms with Gasteiger partial charge in [0.1, 0.15) is 5.76 Å². The fourth-order valence-corrected chi connectivity index (χ4v) is 4.91. The highest BCUT2D eigenvalue weighted by Crippen LogP contribution is 2.40. The summed E-state index contributed by atoms with van der Waals surface area (Å²) >= 11 is 0. The van der Waals surface area contributed by atoms with Gasteiger partial charge in [0.2, 0.25) is 0 Å². The number of fused-ring (bicyclic) bond motifs is 1. The predicted octanol–water partition coefficient (Wildman–Crippen LogP) is 4.38. The molecule has 2 atom stereocenters. The van der Waals surface area contributed by atoms with Crippen LogP contribution in [0.3, 0.4) is 0 Å². The van der Waals surface area contributed by atoms with E-state index in [2.05, 4.69) is 40.4 Å². The summed E-state index contributed by atoms with van der Waals surface area (Å²) < 4.78 is 5.49. The fraction of sp³-hybridized carbons (Fsp3) is 0.542. The van der Waals surface area contributed by atoms with Crippen molar-refractivity contribution in [3.8, 4) is 0 Å². The molecule has 2 heterocycles. The molecule has 5 rings (SSSR count). The summed E-state index contributed by atoms with van der Waals surface area (Å²) in [5, 5.41) is 7.95. The number of carbonyl (C=O) groups is 1. The third-order valence-electron chi connectivity index (χ3n) is 6.84. The van der Waals surface area contributed by atoms with Crippen molar-refractivity contribution in [1.82, 2.24) is 25.3 Å². The second kappa shape index (κ2) is 8.11. The number of amides is 1. The van der Waals surface area contributed by atoms with E-state index in [0.29, 0.717) is 24.8 Å². The van der Waals surface area contributed by atoms with Gasteiger partial charge in [-0.05, 0) is 64.5 Å². The van der Waals surface area contributed by atoms with Crippen LogP contribution in [0.25, 0.3) is 11.0 Å². The molecule has 2 aliphatic carbocycles. The summed E-state index contributed by atoms with van der Waals surface area (Å²) in [6.07, 6.45) is 6.55. The number of aromatic nitrogens is 3. The van der Waals surface area contributed by atoms with Gasteiger partial charge in [-0.25, -0.2) is 4.98 Å². The zero-order valence-corrected chi connectivity index (χ0v) is 18.4. The van der Waals surface area contributed by atoms with Crippen molar-refractivity contribution in [2.24, 2.45) is 0 Å². The van der Waals surface area contributed by atoms with Gasteiger partial charge in [0.05, 0.1) is 16.7 Å². The average Bonchev–Trinajstić information content (AvgIpc) is 3.35. The first-order valence-electron chi connectivity index (χ1n) is 11.5. The Morgan fingerprint density at radius 2 is 2.16 bits per heavy atom. The molecule has 2 fully saturated rings. The number of nitrogens with one attached hydrogen (secondary N) is 2. The zero-order valence-electron chi connectivity index (χ0n) is 18.4. The lowest BCUT2D eigenvalue weighted by molar-refractivity contribution is 0.0564. The van der Waals surface area contributed by atoms with Crippen molar-refractivity contribution in [3.05, 3.63) is 47.6 Å². The van der Waals surface area contributed by atoms with Crippen LogP contribution in [-0.4, -0.2) is 44.1 Å². The largest absolute Gasteiger partial charge is 0.361 e. The summed E-state index contributed by atoms with van der Waals surface area (Å²) in [6, 6.07) is 10.1. The maximum atomic E-state index is 13.3. The summed E-state index contributed by atoms with van der Waals surface area (Å²) in [7, 11) is 0. The molecule has 3 aromatic rings. The highest BCUT2D eigenvalue weighted by atomic mass is 16.5. The van der Waals surface area contributed by atoms with Gasteiger partial charge < -0.3 is 19.7 Å². The third-order valence-corrected chi connectivity index (χ3v) is 6.84. The van der Waals surface area contributed by atoms with Crippen LogP contribution >= 0.6 is 0 Å². The molecule has 2 saturated carbocycles. The van der Waals surface area contributed by atoms with Crippen molar-refractivity contribution in [1.29, 1.82) is 0 Å². The van der Waals surface area contributed by atoms with E-state index in [1.54, 1.807) is 0 Å². The standard InChI is InChI=1S/C24H31N5O2/c1-3-29(23(30)22-26-19-8-4-5-9-20(19)27-22)18-7-6-12-24(2,14-18)25-15-17-13-21(31-28-17)16-10-11-16/h4-5,8-9,13,16,18,25H,3,6-7,10-12,14-15H2,1-2H3,(H,26,27)/t18-,24?/m0/s1. The van der Waals surface area contributed by atoms with Gasteiger partial charge in [0.15, 0.2) is 5.82 Å². The maximum Gasteiger partial charge on any atom is 0.289 e. The number of hydrogen-bond donors (Lipinski definition) is 2. The summed E-state index contributed by atoms with van der Waals surface area (Å²) in [4.78, 5) is 23.0. The quantitative estimate of drug-likeness (QED) is 0.591. The number of benzene rings is 1. The molecule has 2 aliphatic rings. The number of nitrogens with zero attached hydrogens (tertiary/aromatic N) is 3. The second-order valence-electron chi connectivity index (χ2n) is 9.35. The monoisotopic (exact) mass is 421 g/mol. The van der Waals surface area contributed by atoms with E-state index in [1.807, 2.05) is 29.2 Å². The molecule has 0 aliphatic heterocycles. The maximum absolute atomic E-state index is 13.3. The van der Waals surface area contributed by atoms with Crippen molar-refractivity contribution in [2.75, 3.05) is 6.54 Å². The van der Waals surface area contributed by atoms with E-state index < -0.39 is 0 Å². The van der Waals surface area contributed by atoms with Crippen LogP contribution in [0.4, 0.5) is 0 Å². The summed E-state index contributed by atoms with van der Waals surface area (Å²) in [5.74, 6) is 2.02. The van der Waals surface area contributed by atoms with Crippen molar-refractivity contribution in [2.45, 2.75) is 76.4 Å². The molecule has 0 spiro atoms. The number of rotatable bonds is 7. The highest BCUT2D eigenvalue weighted by Gasteiger charge is 2.37. The first-order chi connectivity index (χ1) is 15.0. The van der Waals surface area contributed by atoms with Gasteiger partial charge >= 0.3 is 0 Å². The molecule has 0 saturated heterocycles. The van der Waals surface area contributed by atoms with Gasteiger partial charge in [-0.15, -0.1) is 0 Å². The topological polar surface area (TPSA) is 87.0 Å². The lowest BCUT2D eigenvalue weighted by Gasteiger charge is -2.43. The molecule has 1 aromatic carbocycles. The Hall–Kier alpha value is -2.67. The number of imidazole rings is 1. The number of carbonyl (C=O) groups excluding carboxylic acids is 1. The SMILES string of the molecule is CCN(C(=O)c1nc2ccccc2[nH]1)[C@H]1CCCC(C)(NCc2cc(C3CC3)on2)C1. The predicted molar refractivity (Wildman–Crippen MR) is 119 cm³/mol. The molecule has 1 unspecified atom stereocenters. The molecule has 7 nitrogen and oxygen atoms in total. The Morgan fingerprint density at radius 1 is 1.32 bits per heavy atom. The van der Waals surface area contributed by atoms with Gasteiger partial charge in [0.25, 0.3) is 5.91 Å². The molecule has 2 N–H and O–H groups in total. The minimum Gasteiger partial charge on any atom is -0.361 e. The van der Waals surface area contributed by atoms with Crippen molar-refractivity contribution in [3.63, 3.8) is 0 Å². The van der Waals surface area contributed by atoms with E-state index >= 15 is 0 Å². The van der Waals surface area contributed by atoms with Crippen LogP contribution in [0.5, 0.6) is 0 Å². The smallest absolute Gasteiger partial charge is 0.289 e. The second-order valence-corrected chi connectivity index (χ2v) is 9.35. The molecular formula is C24H31N5O2. The van der Waals surface area contributed by atoms with E-state index in [1.165, 1.54) is 12.8 Å². The molecule has 1 amide bonds. The lowest BCUT2D eigenvalue weighted by Crippen LogP contribution is -2.53. The van der Waals surface area contributed by atoms with Crippen LogP contribution in [-0.2, 0) is 6.54 Å². The van der Waals surface area contributed by atoms with Crippen LogP contribution < -0.4 is 5.32 Å². The van der Waals surface area contributed by atoms with Gasteiger partial charge in [0, 0.05) is 36.7 Å². The van der Waals surface area contributed by atoms with Crippen LogP contribution in [0.1, 0.15) is 80.4 Å².